The molecule has 0 N–H and O–H groups in total. The Balaban J connectivity index is 2.31. The Labute approximate surface area is 94.2 Å². The number of aliphatic imine (C=N–C) groups is 1. The Bertz CT molecular complexity index is 434. The number of imidazole rings is 1. The zero-order valence-corrected chi connectivity index (χ0v) is 9.56. The van der Waals surface area contributed by atoms with Crippen molar-refractivity contribution >= 4 is 11.7 Å². The van der Waals surface area contributed by atoms with Crippen molar-refractivity contribution < 1.29 is 9.53 Å². The van der Waals surface area contributed by atoms with Crippen molar-refractivity contribution in [3.8, 4) is 0 Å². The molecule has 0 aliphatic carbocycles. The highest BCUT2D eigenvalue weighted by molar-refractivity contribution is 6.43. The first-order valence-corrected chi connectivity index (χ1v) is 5.46. The van der Waals surface area contributed by atoms with Gasteiger partial charge in [-0.15, -0.1) is 0 Å². The topological polar surface area (TPSA) is 56.5 Å². The van der Waals surface area contributed by atoms with E-state index in [1.807, 2.05) is 0 Å². The highest BCUT2D eigenvalue weighted by atomic mass is 16.5. The van der Waals surface area contributed by atoms with Crippen LogP contribution in [0, 0.1) is 0 Å². The maximum atomic E-state index is 11.7. The molecule has 0 amide bonds. The molecule has 2 rings (SSSR count). The zero-order valence-electron chi connectivity index (χ0n) is 9.56. The lowest BCUT2D eigenvalue weighted by Crippen LogP contribution is -2.20. The van der Waals surface area contributed by atoms with Crippen LogP contribution in [0.15, 0.2) is 11.3 Å². The summed E-state index contributed by atoms with van der Waals surface area (Å²) in [6.07, 6.45) is 3.82. The molecule has 0 radical (unpaired) electrons. The number of carbonyl (C=O) groups is 1. The van der Waals surface area contributed by atoms with Crippen LogP contribution in [0.1, 0.15) is 24.7 Å². The average Bonchev–Trinajstić information content (AvgIpc) is 2.83. The number of carbonyl (C=O) groups excluding carboxylic acids is 1. The van der Waals surface area contributed by atoms with Crippen LogP contribution in [-0.2, 0) is 22.5 Å². The van der Waals surface area contributed by atoms with Crippen molar-refractivity contribution in [2.75, 3.05) is 13.7 Å². The van der Waals surface area contributed by atoms with Gasteiger partial charge in [0.2, 0.25) is 0 Å². The predicted molar refractivity (Wildman–Crippen MR) is 59.6 cm³/mol. The monoisotopic (exact) mass is 221 g/mol. The van der Waals surface area contributed by atoms with Gasteiger partial charge in [0.05, 0.1) is 12.9 Å². The number of rotatable bonds is 3. The summed E-state index contributed by atoms with van der Waals surface area (Å²) in [6, 6.07) is 0. The van der Waals surface area contributed by atoms with Crippen LogP contribution in [0.25, 0.3) is 0 Å². The van der Waals surface area contributed by atoms with Crippen molar-refractivity contribution in [1.29, 1.82) is 0 Å². The summed E-state index contributed by atoms with van der Waals surface area (Å²) in [5, 5.41) is 0. The summed E-state index contributed by atoms with van der Waals surface area (Å²) in [6.45, 7) is 3.11. The Morgan fingerprint density at radius 1 is 1.69 bits per heavy atom. The normalized spacial score (nSPS) is 15.0. The Morgan fingerprint density at radius 2 is 2.50 bits per heavy atom. The van der Waals surface area contributed by atoms with Crippen LogP contribution in [0.5, 0.6) is 0 Å². The van der Waals surface area contributed by atoms with E-state index in [0.717, 1.165) is 25.1 Å². The molecule has 5 heteroatoms. The maximum Gasteiger partial charge on any atom is 0.358 e. The third-order valence-corrected chi connectivity index (χ3v) is 2.68. The SMILES string of the molecule is CCOC(=O)/C(=N/C)c1ncn2c1CCC2. The summed E-state index contributed by atoms with van der Waals surface area (Å²) < 4.78 is 7.03. The van der Waals surface area contributed by atoms with Gasteiger partial charge in [-0.25, -0.2) is 9.78 Å². The molecule has 1 aromatic heterocycles. The van der Waals surface area contributed by atoms with Gasteiger partial charge in [-0.1, -0.05) is 0 Å². The van der Waals surface area contributed by atoms with Crippen molar-refractivity contribution in [3.05, 3.63) is 17.7 Å². The minimum absolute atomic E-state index is 0.331. The van der Waals surface area contributed by atoms with Crippen molar-refractivity contribution in [2.24, 2.45) is 4.99 Å². The summed E-state index contributed by atoms with van der Waals surface area (Å²) >= 11 is 0. The minimum atomic E-state index is -0.390. The molecule has 2 heterocycles. The van der Waals surface area contributed by atoms with Crippen molar-refractivity contribution in [2.45, 2.75) is 26.3 Å². The summed E-state index contributed by atoms with van der Waals surface area (Å²) in [5.41, 5.74) is 2.10. The molecule has 5 nitrogen and oxygen atoms in total. The first-order chi connectivity index (χ1) is 7.77. The van der Waals surface area contributed by atoms with Crippen LogP contribution in [0.4, 0.5) is 0 Å². The minimum Gasteiger partial charge on any atom is -0.461 e. The zero-order chi connectivity index (χ0) is 11.5. The third kappa shape index (κ3) is 1.73. The second kappa shape index (κ2) is 4.47. The highest BCUT2D eigenvalue weighted by Crippen LogP contribution is 2.18. The van der Waals surface area contributed by atoms with E-state index in [1.54, 1.807) is 20.3 Å². The number of hydrogen-bond acceptors (Lipinski definition) is 4. The number of nitrogens with zero attached hydrogens (tertiary/aromatic N) is 3. The molecular formula is C11H15N3O2. The molecular weight excluding hydrogens is 206 g/mol. The molecule has 1 aromatic rings. The van der Waals surface area contributed by atoms with Crippen LogP contribution in [0.3, 0.4) is 0 Å². The predicted octanol–water partition coefficient (Wildman–Crippen LogP) is 0.811. The fourth-order valence-electron chi connectivity index (χ4n) is 1.97. The summed E-state index contributed by atoms with van der Waals surface area (Å²) in [5.74, 6) is -0.390. The van der Waals surface area contributed by atoms with Gasteiger partial charge in [0.15, 0.2) is 5.71 Å². The summed E-state index contributed by atoms with van der Waals surface area (Å²) in [4.78, 5) is 19.9. The fraction of sp³-hybridized carbons (Fsp3) is 0.545. The van der Waals surface area contributed by atoms with E-state index in [2.05, 4.69) is 14.5 Å². The third-order valence-electron chi connectivity index (χ3n) is 2.68. The van der Waals surface area contributed by atoms with E-state index in [4.69, 9.17) is 4.74 Å². The van der Waals surface area contributed by atoms with E-state index < -0.39 is 5.97 Å². The fourth-order valence-corrected chi connectivity index (χ4v) is 1.97. The lowest BCUT2D eigenvalue weighted by atomic mass is 10.2. The lowest BCUT2D eigenvalue weighted by molar-refractivity contribution is -0.134. The first-order valence-electron chi connectivity index (χ1n) is 5.46. The second-order valence-electron chi connectivity index (χ2n) is 3.63. The maximum absolute atomic E-state index is 11.7. The molecule has 1 aliphatic heterocycles. The molecule has 0 spiro atoms. The van der Waals surface area contributed by atoms with Gasteiger partial charge in [-0.2, -0.15) is 0 Å². The molecule has 1 aliphatic rings. The molecule has 86 valence electrons. The van der Waals surface area contributed by atoms with Gasteiger partial charge < -0.3 is 9.30 Å². The van der Waals surface area contributed by atoms with Crippen LogP contribution in [-0.4, -0.2) is 34.9 Å². The Morgan fingerprint density at radius 3 is 3.19 bits per heavy atom. The van der Waals surface area contributed by atoms with Crippen LogP contribution < -0.4 is 0 Å². The van der Waals surface area contributed by atoms with E-state index in [1.165, 1.54) is 0 Å². The van der Waals surface area contributed by atoms with E-state index >= 15 is 0 Å². The van der Waals surface area contributed by atoms with E-state index in [9.17, 15) is 4.79 Å². The van der Waals surface area contributed by atoms with Crippen molar-refractivity contribution in [3.63, 3.8) is 0 Å². The number of esters is 1. The molecule has 0 bridgehead atoms. The second-order valence-corrected chi connectivity index (χ2v) is 3.63. The van der Waals surface area contributed by atoms with E-state index in [0.29, 0.717) is 18.0 Å². The van der Waals surface area contributed by atoms with Crippen molar-refractivity contribution in [1.82, 2.24) is 9.55 Å². The van der Waals surface area contributed by atoms with Gasteiger partial charge in [-0.3, -0.25) is 4.99 Å². The Kier molecular flexibility index (Phi) is 3.03. The largest absolute Gasteiger partial charge is 0.461 e. The summed E-state index contributed by atoms with van der Waals surface area (Å²) in [7, 11) is 1.59. The van der Waals surface area contributed by atoms with Crippen LogP contribution >= 0.6 is 0 Å². The molecule has 0 aromatic carbocycles. The quantitative estimate of drug-likeness (QED) is 0.560. The molecule has 16 heavy (non-hydrogen) atoms. The van der Waals surface area contributed by atoms with Gasteiger partial charge in [0.25, 0.3) is 0 Å². The molecule has 0 fully saturated rings. The number of ether oxygens (including phenoxy) is 1. The highest BCUT2D eigenvalue weighted by Gasteiger charge is 2.24. The number of fused-ring (bicyclic) bond motifs is 1. The molecule has 0 saturated heterocycles. The number of hydrogen-bond donors (Lipinski definition) is 0. The molecule has 0 saturated carbocycles. The number of aromatic nitrogens is 2. The standard InChI is InChI=1S/C11H15N3O2/c1-3-16-11(15)10(12-2)9-8-5-4-6-14(8)7-13-9/h7H,3-6H2,1-2H3/b12-10+. The molecule has 0 atom stereocenters. The van der Waals surface area contributed by atoms with E-state index in [-0.39, 0.29) is 0 Å². The Hall–Kier alpha value is -1.65. The smallest absolute Gasteiger partial charge is 0.358 e. The number of aryl methyl sites for hydroxylation is 1. The molecule has 0 unspecified atom stereocenters. The van der Waals surface area contributed by atoms with Gasteiger partial charge in [0, 0.05) is 19.3 Å². The van der Waals surface area contributed by atoms with Crippen LogP contribution in [0.2, 0.25) is 0 Å². The average molecular weight is 221 g/mol. The first kappa shape index (κ1) is 10.9. The lowest BCUT2D eigenvalue weighted by Gasteiger charge is -2.04. The van der Waals surface area contributed by atoms with Gasteiger partial charge in [0.1, 0.15) is 5.69 Å². The van der Waals surface area contributed by atoms with Gasteiger partial charge >= 0.3 is 5.97 Å². The van der Waals surface area contributed by atoms with Gasteiger partial charge in [-0.05, 0) is 19.8 Å².